The van der Waals surface area contributed by atoms with Gasteiger partial charge in [-0.1, -0.05) is 6.07 Å². The van der Waals surface area contributed by atoms with E-state index < -0.39 is 46.1 Å². The molecule has 9 heteroatoms. The molecule has 2 rings (SSSR count). The number of rotatable bonds is 2. The first-order chi connectivity index (χ1) is 9.09. The second-order valence-corrected chi connectivity index (χ2v) is 5.97. The van der Waals surface area contributed by atoms with Crippen molar-refractivity contribution in [3.05, 3.63) is 29.8 Å². The SMILES string of the molecule is O=C1CC(S(=O)(=O)F)CN1c1cccc(C(F)(F)F)c1. The van der Waals surface area contributed by atoms with E-state index in [1.165, 1.54) is 6.07 Å². The predicted molar refractivity (Wildman–Crippen MR) is 62.2 cm³/mol. The number of carbonyl (C=O) groups is 1. The average Bonchev–Trinajstić information content (AvgIpc) is 2.70. The third-order valence-electron chi connectivity index (χ3n) is 2.97. The fraction of sp³-hybridized carbons (Fsp3) is 0.364. The average molecular weight is 311 g/mol. The molecule has 0 bridgehead atoms. The Kier molecular flexibility index (Phi) is 3.49. The first kappa shape index (κ1) is 14.8. The highest BCUT2D eigenvalue weighted by Crippen LogP contribution is 2.33. The van der Waals surface area contributed by atoms with Gasteiger partial charge >= 0.3 is 16.4 Å². The standard InChI is InChI=1S/C11H9F4NO3S/c12-11(13,14)7-2-1-3-8(4-7)16-6-9(5-10(16)17)20(15,18)19/h1-4,9H,5-6H2. The van der Waals surface area contributed by atoms with Crippen LogP contribution in [0.3, 0.4) is 0 Å². The largest absolute Gasteiger partial charge is 0.416 e. The Balaban J connectivity index is 2.32. The summed E-state index contributed by atoms with van der Waals surface area (Å²) in [5.41, 5.74) is -1.06. The van der Waals surface area contributed by atoms with E-state index in [0.717, 1.165) is 23.1 Å². The van der Waals surface area contributed by atoms with Crippen LogP contribution in [0.1, 0.15) is 12.0 Å². The lowest BCUT2D eigenvalue weighted by Gasteiger charge is -2.17. The van der Waals surface area contributed by atoms with Gasteiger partial charge in [-0.05, 0) is 18.2 Å². The first-order valence-corrected chi connectivity index (χ1v) is 6.95. The van der Waals surface area contributed by atoms with Crippen molar-refractivity contribution in [1.82, 2.24) is 0 Å². The summed E-state index contributed by atoms with van der Waals surface area (Å²) in [6.45, 7) is -0.487. The van der Waals surface area contributed by atoms with Crippen molar-refractivity contribution in [2.45, 2.75) is 17.8 Å². The molecule has 1 saturated heterocycles. The number of hydrogen-bond acceptors (Lipinski definition) is 3. The maximum Gasteiger partial charge on any atom is 0.416 e. The summed E-state index contributed by atoms with van der Waals surface area (Å²) in [6.07, 6.45) is -5.15. The number of anilines is 1. The number of amides is 1. The van der Waals surface area contributed by atoms with Gasteiger partial charge in [0.05, 0.1) is 5.56 Å². The molecule has 1 amide bonds. The van der Waals surface area contributed by atoms with Crippen LogP contribution in [-0.4, -0.2) is 26.1 Å². The fourth-order valence-corrected chi connectivity index (χ4v) is 2.63. The third kappa shape index (κ3) is 2.92. The summed E-state index contributed by atoms with van der Waals surface area (Å²) in [6, 6.07) is 3.89. The molecule has 1 aromatic carbocycles. The summed E-state index contributed by atoms with van der Waals surface area (Å²) in [5.74, 6) is -0.726. The summed E-state index contributed by atoms with van der Waals surface area (Å²) >= 11 is 0. The minimum absolute atomic E-state index is 0.101. The molecule has 1 fully saturated rings. The van der Waals surface area contributed by atoms with E-state index in [4.69, 9.17) is 0 Å². The molecule has 0 N–H and O–H groups in total. The van der Waals surface area contributed by atoms with Crippen molar-refractivity contribution >= 4 is 21.8 Å². The van der Waals surface area contributed by atoms with E-state index in [2.05, 4.69) is 0 Å². The molecule has 0 spiro atoms. The molecule has 0 radical (unpaired) electrons. The van der Waals surface area contributed by atoms with E-state index in [-0.39, 0.29) is 5.69 Å². The van der Waals surface area contributed by atoms with Crippen LogP contribution in [0, 0.1) is 0 Å². The van der Waals surface area contributed by atoms with Crippen molar-refractivity contribution in [3.8, 4) is 0 Å². The molecule has 0 saturated carbocycles. The second kappa shape index (κ2) is 4.72. The Labute approximate surface area is 112 Å². The minimum atomic E-state index is -4.90. The smallest absolute Gasteiger partial charge is 0.311 e. The van der Waals surface area contributed by atoms with Crippen molar-refractivity contribution in [3.63, 3.8) is 0 Å². The zero-order valence-corrected chi connectivity index (χ0v) is 10.7. The van der Waals surface area contributed by atoms with Gasteiger partial charge in [-0.3, -0.25) is 4.79 Å². The molecule has 1 aliphatic heterocycles. The van der Waals surface area contributed by atoms with Crippen LogP contribution in [0.4, 0.5) is 22.7 Å². The highest BCUT2D eigenvalue weighted by molar-refractivity contribution is 7.87. The Hall–Kier alpha value is -1.64. The molecule has 1 unspecified atom stereocenters. The molecule has 1 atom stereocenters. The quantitative estimate of drug-likeness (QED) is 0.621. The van der Waals surface area contributed by atoms with Crippen LogP contribution in [0.15, 0.2) is 24.3 Å². The monoisotopic (exact) mass is 311 g/mol. The van der Waals surface area contributed by atoms with Gasteiger partial charge in [0, 0.05) is 18.7 Å². The van der Waals surface area contributed by atoms with Crippen LogP contribution in [0.25, 0.3) is 0 Å². The summed E-state index contributed by atoms with van der Waals surface area (Å²) in [4.78, 5) is 12.5. The number of alkyl halides is 3. The van der Waals surface area contributed by atoms with Gasteiger partial charge in [-0.15, -0.1) is 3.89 Å². The number of halogens is 4. The summed E-state index contributed by atoms with van der Waals surface area (Å²) < 4.78 is 72.0. The van der Waals surface area contributed by atoms with Gasteiger partial charge in [0.1, 0.15) is 5.25 Å². The fourth-order valence-electron chi connectivity index (χ4n) is 1.96. The van der Waals surface area contributed by atoms with Crippen molar-refractivity contribution in [1.29, 1.82) is 0 Å². The van der Waals surface area contributed by atoms with Crippen LogP contribution < -0.4 is 4.90 Å². The molecule has 1 heterocycles. The van der Waals surface area contributed by atoms with Crippen LogP contribution in [-0.2, 0) is 21.2 Å². The highest BCUT2D eigenvalue weighted by atomic mass is 32.3. The Bertz CT molecular complexity index is 641. The van der Waals surface area contributed by atoms with Gasteiger partial charge in [0.2, 0.25) is 5.91 Å². The lowest BCUT2D eigenvalue weighted by molar-refractivity contribution is -0.137. The Morgan fingerprint density at radius 2 is 1.90 bits per heavy atom. The van der Waals surface area contributed by atoms with Crippen molar-refractivity contribution in [2.24, 2.45) is 0 Å². The molecule has 0 aromatic heterocycles. The van der Waals surface area contributed by atoms with E-state index >= 15 is 0 Å². The zero-order chi connectivity index (χ0) is 15.1. The van der Waals surface area contributed by atoms with Crippen LogP contribution in [0.2, 0.25) is 0 Å². The van der Waals surface area contributed by atoms with Gasteiger partial charge in [-0.2, -0.15) is 21.6 Å². The molecule has 0 aliphatic carbocycles. The number of benzene rings is 1. The van der Waals surface area contributed by atoms with E-state index in [0.29, 0.717) is 0 Å². The van der Waals surface area contributed by atoms with Gasteiger partial charge < -0.3 is 4.90 Å². The normalized spacial score (nSPS) is 20.5. The summed E-state index contributed by atoms with van der Waals surface area (Å²) in [7, 11) is -4.90. The van der Waals surface area contributed by atoms with Crippen LogP contribution >= 0.6 is 0 Å². The lowest BCUT2D eigenvalue weighted by atomic mass is 10.2. The molecule has 1 aromatic rings. The van der Waals surface area contributed by atoms with E-state index in [1.54, 1.807) is 0 Å². The molecule has 20 heavy (non-hydrogen) atoms. The topological polar surface area (TPSA) is 54.5 Å². The van der Waals surface area contributed by atoms with Gasteiger partial charge in [0.25, 0.3) is 0 Å². The Morgan fingerprint density at radius 1 is 1.25 bits per heavy atom. The molecule has 4 nitrogen and oxygen atoms in total. The van der Waals surface area contributed by atoms with Gasteiger partial charge in [0.15, 0.2) is 0 Å². The summed E-state index contributed by atoms with van der Waals surface area (Å²) in [5, 5.41) is -1.54. The van der Waals surface area contributed by atoms with Crippen molar-refractivity contribution < 1.29 is 30.3 Å². The first-order valence-electron chi connectivity index (χ1n) is 5.50. The molecule has 110 valence electrons. The second-order valence-electron chi connectivity index (χ2n) is 4.35. The van der Waals surface area contributed by atoms with E-state index in [9.17, 15) is 30.3 Å². The lowest BCUT2D eigenvalue weighted by Crippen LogP contribution is -2.27. The van der Waals surface area contributed by atoms with Crippen molar-refractivity contribution in [2.75, 3.05) is 11.4 Å². The molecule has 1 aliphatic rings. The number of carbonyl (C=O) groups excluding carboxylic acids is 1. The Morgan fingerprint density at radius 3 is 2.40 bits per heavy atom. The van der Waals surface area contributed by atoms with E-state index in [1.807, 2.05) is 0 Å². The maximum atomic E-state index is 12.8. The number of hydrogen-bond donors (Lipinski definition) is 0. The van der Waals surface area contributed by atoms with Crippen LogP contribution in [0.5, 0.6) is 0 Å². The predicted octanol–water partition coefficient (Wildman–Crippen LogP) is 2.11. The number of nitrogens with zero attached hydrogens (tertiary/aromatic N) is 1. The highest BCUT2D eigenvalue weighted by Gasteiger charge is 2.39. The third-order valence-corrected chi connectivity index (χ3v) is 4.08. The van der Waals surface area contributed by atoms with Gasteiger partial charge in [-0.25, -0.2) is 0 Å². The zero-order valence-electron chi connectivity index (χ0n) is 9.89. The minimum Gasteiger partial charge on any atom is -0.311 e. The molecular formula is C11H9F4NO3S. The maximum absolute atomic E-state index is 12.8. The molecular weight excluding hydrogens is 302 g/mol.